The number of rotatable bonds is 8. The van der Waals surface area contributed by atoms with Crippen LogP contribution in [0.5, 0.6) is 5.75 Å². The predicted octanol–water partition coefficient (Wildman–Crippen LogP) is 5.16. The molecule has 148 valence electrons. The van der Waals surface area contributed by atoms with Gasteiger partial charge in [0.15, 0.2) is 0 Å². The van der Waals surface area contributed by atoms with Crippen LogP contribution in [0.1, 0.15) is 51.4 Å². The fraction of sp³-hybridized carbons (Fsp3) is 0.474. The van der Waals surface area contributed by atoms with Crippen LogP contribution in [-0.4, -0.2) is 22.1 Å². The third kappa shape index (κ3) is 5.89. The van der Waals surface area contributed by atoms with Crippen LogP contribution in [0.2, 0.25) is 0 Å². The summed E-state index contributed by atoms with van der Waals surface area (Å²) in [6.07, 6.45) is -3.71. The average molecular weight is 385 g/mol. The van der Waals surface area contributed by atoms with Crippen LogP contribution >= 0.6 is 0 Å². The summed E-state index contributed by atoms with van der Waals surface area (Å²) < 4.78 is 57.8. The Hall–Kier alpha value is -2.22. The number of hydrogen-bond donors (Lipinski definition) is 1. The van der Waals surface area contributed by atoms with Gasteiger partial charge in [0.1, 0.15) is 29.4 Å². The molecule has 2 rings (SSSR count). The molecular formula is C19H23F4N3O. The van der Waals surface area contributed by atoms with Gasteiger partial charge in [-0.15, -0.1) is 0 Å². The van der Waals surface area contributed by atoms with E-state index in [4.69, 9.17) is 10.5 Å². The molecule has 0 radical (unpaired) electrons. The molecule has 0 aliphatic carbocycles. The zero-order chi connectivity index (χ0) is 20.2. The molecule has 0 saturated heterocycles. The normalized spacial score (nSPS) is 14.0. The molecule has 0 aromatic carbocycles. The van der Waals surface area contributed by atoms with E-state index in [0.717, 1.165) is 12.1 Å². The second kappa shape index (κ2) is 8.65. The second-order valence-electron chi connectivity index (χ2n) is 7.19. The van der Waals surface area contributed by atoms with Crippen molar-refractivity contribution >= 4 is 0 Å². The van der Waals surface area contributed by atoms with Crippen molar-refractivity contribution in [3.63, 3.8) is 0 Å². The Balaban J connectivity index is 2.39. The number of nitrogens with two attached hydrogens (primary N) is 1. The summed E-state index contributed by atoms with van der Waals surface area (Å²) in [5.41, 5.74) is 4.92. The van der Waals surface area contributed by atoms with Crippen molar-refractivity contribution < 1.29 is 22.3 Å². The number of aromatic nitrogens is 2. The molecule has 2 aromatic heterocycles. The molecular weight excluding hydrogens is 362 g/mol. The maximum absolute atomic E-state index is 13.1. The van der Waals surface area contributed by atoms with E-state index >= 15 is 0 Å². The molecule has 0 aliphatic rings. The minimum atomic E-state index is -2.80. The van der Waals surface area contributed by atoms with Crippen molar-refractivity contribution in [2.75, 3.05) is 6.61 Å². The van der Waals surface area contributed by atoms with E-state index in [-0.39, 0.29) is 23.6 Å². The van der Waals surface area contributed by atoms with Gasteiger partial charge in [-0.3, -0.25) is 4.98 Å². The van der Waals surface area contributed by atoms with Crippen molar-refractivity contribution in [2.45, 2.75) is 45.6 Å². The molecule has 0 amide bonds. The summed E-state index contributed by atoms with van der Waals surface area (Å²) in [4.78, 5) is 7.50. The van der Waals surface area contributed by atoms with E-state index in [0.29, 0.717) is 12.3 Å². The van der Waals surface area contributed by atoms with Crippen LogP contribution in [0.25, 0.3) is 11.3 Å². The highest BCUT2D eigenvalue weighted by Gasteiger charge is 2.23. The van der Waals surface area contributed by atoms with Crippen LogP contribution in [-0.2, 0) is 0 Å². The zero-order valence-electron chi connectivity index (χ0n) is 15.4. The van der Waals surface area contributed by atoms with Crippen LogP contribution < -0.4 is 10.5 Å². The Labute approximate surface area is 155 Å². The topological polar surface area (TPSA) is 61.0 Å². The molecule has 1 atom stereocenters. The van der Waals surface area contributed by atoms with Gasteiger partial charge in [0, 0.05) is 17.3 Å². The van der Waals surface area contributed by atoms with Crippen LogP contribution in [0, 0.1) is 5.92 Å². The average Bonchev–Trinajstić information content (AvgIpc) is 2.58. The maximum atomic E-state index is 13.1. The first-order valence-electron chi connectivity index (χ1n) is 8.54. The Kier molecular flexibility index (Phi) is 6.75. The highest BCUT2D eigenvalue weighted by atomic mass is 19.3. The van der Waals surface area contributed by atoms with Crippen molar-refractivity contribution in [2.24, 2.45) is 11.7 Å². The lowest BCUT2D eigenvalue weighted by molar-refractivity contribution is 0.145. The molecule has 2 heterocycles. The third-order valence-electron chi connectivity index (χ3n) is 3.81. The quantitative estimate of drug-likeness (QED) is 0.638. The van der Waals surface area contributed by atoms with Crippen molar-refractivity contribution in [3.05, 3.63) is 41.9 Å². The van der Waals surface area contributed by atoms with Crippen LogP contribution in [0.4, 0.5) is 17.6 Å². The first-order chi connectivity index (χ1) is 12.6. The molecule has 0 fully saturated rings. The maximum Gasteiger partial charge on any atom is 0.280 e. The van der Waals surface area contributed by atoms with Gasteiger partial charge in [-0.25, -0.2) is 22.5 Å². The lowest BCUT2D eigenvalue weighted by Crippen LogP contribution is -2.43. The Bertz CT molecular complexity index is 766. The molecule has 0 spiro atoms. The predicted molar refractivity (Wildman–Crippen MR) is 94.9 cm³/mol. The van der Waals surface area contributed by atoms with Gasteiger partial charge in [0.2, 0.25) is 0 Å². The van der Waals surface area contributed by atoms with Crippen molar-refractivity contribution in [3.8, 4) is 17.0 Å². The van der Waals surface area contributed by atoms with Crippen molar-refractivity contribution in [1.29, 1.82) is 0 Å². The number of alkyl halides is 4. The molecule has 2 N–H and O–H groups in total. The van der Waals surface area contributed by atoms with E-state index in [2.05, 4.69) is 9.97 Å². The third-order valence-corrected chi connectivity index (χ3v) is 3.81. The lowest BCUT2D eigenvalue weighted by Gasteiger charge is -2.27. The second-order valence-corrected chi connectivity index (χ2v) is 7.19. The van der Waals surface area contributed by atoms with E-state index in [1.54, 1.807) is 0 Å². The van der Waals surface area contributed by atoms with Gasteiger partial charge >= 0.3 is 0 Å². The SMILES string of the molecule is CC(C)CC(C)(N)COc1ccc(C(F)F)nc1-c1ccnc(C(F)F)c1. The van der Waals surface area contributed by atoms with Gasteiger partial charge in [0.25, 0.3) is 12.9 Å². The summed E-state index contributed by atoms with van der Waals surface area (Å²) in [5.74, 6) is 0.544. The van der Waals surface area contributed by atoms with Crippen molar-refractivity contribution in [1.82, 2.24) is 9.97 Å². The lowest BCUT2D eigenvalue weighted by atomic mass is 9.93. The summed E-state index contributed by atoms with van der Waals surface area (Å²) in [7, 11) is 0. The van der Waals surface area contributed by atoms with Gasteiger partial charge in [-0.2, -0.15) is 0 Å². The van der Waals surface area contributed by atoms with Gasteiger partial charge in [0.05, 0.1) is 0 Å². The van der Waals surface area contributed by atoms with E-state index in [1.807, 2.05) is 20.8 Å². The number of hydrogen-bond acceptors (Lipinski definition) is 4. The Morgan fingerprint density at radius 1 is 1.07 bits per heavy atom. The number of halogens is 4. The summed E-state index contributed by atoms with van der Waals surface area (Å²) in [5, 5.41) is 0. The van der Waals surface area contributed by atoms with Gasteiger partial charge in [-0.1, -0.05) is 13.8 Å². The van der Waals surface area contributed by atoms with Gasteiger partial charge in [-0.05, 0) is 43.5 Å². The highest BCUT2D eigenvalue weighted by Crippen LogP contribution is 2.33. The zero-order valence-corrected chi connectivity index (χ0v) is 15.4. The van der Waals surface area contributed by atoms with E-state index < -0.39 is 29.8 Å². The van der Waals surface area contributed by atoms with E-state index in [9.17, 15) is 17.6 Å². The highest BCUT2D eigenvalue weighted by molar-refractivity contribution is 5.66. The smallest absolute Gasteiger partial charge is 0.280 e. The number of nitrogens with zero attached hydrogens (tertiary/aromatic N) is 2. The number of pyridine rings is 2. The molecule has 0 saturated carbocycles. The minimum Gasteiger partial charge on any atom is -0.489 e. The summed E-state index contributed by atoms with van der Waals surface area (Å²) in [6, 6.07) is 5.05. The summed E-state index contributed by atoms with van der Waals surface area (Å²) >= 11 is 0. The largest absolute Gasteiger partial charge is 0.489 e. The molecule has 0 bridgehead atoms. The first kappa shape index (κ1) is 21.1. The van der Waals surface area contributed by atoms with Gasteiger partial charge < -0.3 is 10.5 Å². The number of ether oxygens (including phenoxy) is 1. The minimum absolute atomic E-state index is 0.0532. The standard InChI is InChI=1S/C19H23F4N3O/c1-11(2)9-19(3,24)10-27-15-5-4-13(17(20)21)26-16(15)12-6-7-25-14(8-12)18(22)23/h4-8,11,17-18H,9-10,24H2,1-3H3. The first-order valence-corrected chi connectivity index (χ1v) is 8.54. The summed E-state index contributed by atoms with van der Waals surface area (Å²) in [6.45, 7) is 6.01. The molecule has 4 nitrogen and oxygen atoms in total. The molecule has 27 heavy (non-hydrogen) atoms. The van der Waals surface area contributed by atoms with Crippen LogP contribution in [0.15, 0.2) is 30.5 Å². The molecule has 2 aromatic rings. The monoisotopic (exact) mass is 385 g/mol. The fourth-order valence-corrected chi connectivity index (χ4v) is 2.86. The van der Waals surface area contributed by atoms with E-state index in [1.165, 1.54) is 18.3 Å². The molecule has 0 aliphatic heterocycles. The Morgan fingerprint density at radius 2 is 1.74 bits per heavy atom. The fourth-order valence-electron chi connectivity index (χ4n) is 2.86. The van der Waals surface area contributed by atoms with Crippen LogP contribution in [0.3, 0.4) is 0 Å². The molecule has 8 heteroatoms. The molecule has 1 unspecified atom stereocenters. The Morgan fingerprint density at radius 3 is 2.33 bits per heavy atom.